The Morgan fingerprint density at radius 2 is 1.71 bits per heavy atom. The third-order valence-electron chi connectivity index (χ3n) is 5.54. The van der Waals surface area contributed by atoms with E-state index in [1.54, 1.807) is 7.11 Å². The van der Waals surface area contributed by atoms with Gasteiger partial charge in [-0.3, -0.25) is 4.79 Å². The van der Waals surface area contributed by atoms with E-state index in [0.717, 1.165) is 30.8 Å². The molecule has 0 N–H and O–H groups in total. The number of likely N-dealkylation sites (N-methyl/N-ethyl adjacent to an activating group) is 1. The van der Waals surface area contributed by atoms with Crippen molar-refractivity contribution in [3.05, 3.63) is 29.3 Å². The number of likely N-dealkylation sites (tertiary alicyclic amines) is 1. The van der Waals surface area contributed by atoms with E-state index >= 15 is 0 Å². The van der Waals surface area contributed by atoms with Crippen LogP contribution >= 0.6 is 0 Å². The number of carbonyl (C=O) groups is 1. The standard InChI is InChI=1S/C15H22N2O2.C9H20/c1-11-5-6-12(9-14(11)19-4)15(18)17-8-7-13(10-17)16(2)3;1-3-5-7-9-8-6-4-2/h5-6,9,13H,7-8,10H2,1-4H3;3-9H2,1-2H3. The summed E-state index contributed by atoms with van der Waals surface area (Å²) in [6, 6.07) is 6.12. The van der Waals surface area contributed by atoms with Gasteiger partial charge in [0.2, 0.25) is 0 Å². The minimum Gasteiger partial charge on any atom is -0.496 e. The van der Waals surface area contributed by atoms with Gasteiger partial charge in [-0.15, -0.1) is 0 Å². The fourth-order valence-electron chi connectivity index (χ4n) is 3.51. The van der Waals surface area contributed by atoms with Crippen LogP contribution in [0.25, 0.3) is 0 Å². The van der Waals surface area contributed by atoms with E-state index in [0.29, 0.717) is 11.6 Å². The van der Waals surface area contributed by atoms with Crippen LogP contribution in [0.5, 0.6) is 5.75 Å². The molecule has 0 aromatic heterocycles. The number of unbranched alkanes of at least 4 members (excludes halogenated alkanes) is 6. The van der Waals surface area contributed by atoms with Crippen LogP contribution in [0.2, 0.25) is 0 Å². The number of rotatable bonds is 9. The molecule has 1 saturated heterocycles. The van der Waals surface area contributed by atoms with E-state index < -0.39 is 0 Å². The third kappa shape index (κ3) is 8.22. The Hall–Kier alpha value is -1.55. The summed E-state index contributed by atoms with van der Waals surface area (Å²) < 4.78 is 5.28. The molecule has 0 radical (unpaired) electrons. The maximum absolute atomic E-state index is 12.4. The molecule has 1 unspecified atom stereocenters. The molecule has 1 fully saturated rings. The van der Waals surface area contributed by atoms with Crippen LogP contribution in [0.4, 0.5) is 0 Å². The first-order chi connectivity index (χ1) is 13.4. The zero-order chi connectivity index (χ0) is 20.9. The highest BCUT2D eigenvalue weighted by Gasteiger charge is 2.28. The molecule has 160 valence electrons. The smallest absolute Gasteiger partial charge is 0.254 e. The lowest BCUT2D eigenvalue weighted by Gasteiger charge is -2.20. The predicted molar refractivity (Wildman–Crippen MR) is 119 cm³/mol. The number of methoxy groups -OCH3 is 1. The molecule has 1 aromatic carbocycles. The number of benzene rings is 1. The maximum Gasteiger partial charge on any atom is 0.254 e. The second-order valence-electron chi connectivity index (χ2n) is 8.11. The van der Waals surface area contributed by atoms with Crippen LogP contribution in [-0.2, 0) is 0 Å². The summed E-state index contributed by atoms with van der Waals surface area (Å²) in [4.78, 5) is 16.6. The molecule has 0 aliphatic carbocycles. The van der Waals surface area contributed by atoms with Crippen molar-refractivity contribution in [1.29, 1.82) is 0 Å². The first kappa shape index (κ1) is 24.5. The van der Waals surface area contributed by atoms with E-state index in [9.17, 15) is 4.79 Å². The summed E-state index contributed by atoms with van der Waals surface area (Å²) in [5.74, 6) is 0.872. The SMILES string of the molecule is CCCCCCCCC.COc1cc(C(=O)N2CCC(N(C)C)C2)ccc1C. The Balaban J connectivity index is 0.000000370. The fourth-order valence-corrected chi connectivity index (χ4v) is 3.51. The van der Waals surface area contributed by atoms with Gasteiger partial charge in [-0.1, -0.05) is 64.9 Å². The largest absolute Gasteiger partial charge is 0.496 e. The first-order valence-electron chi connectivity index (χ1n) is 11.0. The van der Waals surface area contributed by atoms with Crippen molar-refractivity contribution in [2.24, 2.45) is 0 Å². The highest BCUT2D eigenvalue weighted by atomic mass is 16.5. The van der Waals surface area contributed by atoms with Crippen molar-refractivity contribution in [2.75, 3.05) is 34.3 Å². The van der Waals surface area contributed by atoms with Gasteiger partial charge in [0.05, 0.1) is 7.11 Å². The minimum absolute atomic E-state index is 0.0997. The number of nitrogens with zero attached hydrogens (tertiary/aromatic N) is 2. The van der Waals surface area contributed by atoms with Crippen LogP contribution in [0.15, 0.2) is 18.2 Å². The molecule has 4 nitrogen and oxygen atoms in total. The molecule has 1 atom stereocenters. The highest BCUT2D eigenvalue weighted by Crippen LogP contribution is 2.22. The van der Waals surface area contributed by atoms with Crippen LogP contribution in [-0.4, -0.2) is 56.0 Å². The van der Waals surface area contributed by atoms with Crippen LogP contribution in [0.3, 0.4) is 0 Å². The molecule has 2 rings (SSSR count). The molecule has 0 spiro atoms. The average Bonchev–Trinajstić information content (AvgIpc) is 3.19. The van der Waals surface area contributed by atoms with Gasteiger partial charge in [0.15, 0.2) is 0 Å². The topological polar surface area (TPSA) is 32.8 Å². The molecule has 0 saturated carbocycles. The van der Waals surface area contributed by atoms with Crippen LogP contribution in [0.1, 0.15) is 81.1 Å². The molecule has 4 heteroatoms. The number of amides is 1. The average molecular weight is 391 g/mol. The predicted octanol–water partition coefficient (Wildman–Crippen LogP) is 5.54. The van der Waals surface area contributed by atoms with E-state index in [1.807, 2.05) is 30.0 Å². The molecule has 1 heterocycles. The van der Waals surface area contributed by atoms with Crippen LogP contribution < -0.4 is 4.74 Å². The van der Waals surface area contributed by atoms with Crippen molar-refractivity contribution < 1.29 is 9.53 Å². The van der Waals surface area contributed by atoms with Crippen LogP contribution in [0, 0.1) is 6.92 Å². The van der Waals surface area contributed by atoms with Gasteiger partial charge in [0.25, 0.3) is 5.91 Å². The summed E-state index contributed by atoms with van der Waals surface area (Å²) in [6.07, 6.45) is 11.0. The molecule has 1 amide bonds. The Morgan fingerprint density at radius 3 is 2.21 bits per heavy atom. The molecule has 1 aliphatic heterocycles. The Labute approximate surface area is 173 Å². The highest BCUT2D eigenvalue weighted by molar-refractivity contribution is 5.95. The van der Waals surface area contributed by atoms with E-state index in [4.69, 9.17) is 4.74 Å². The summed E-state index contributed by atoms with van der Waals surface area (Å²) in [5.41, 5.74) is 1.76. The number of aryl methyl sites for hydroxylation is 1. The second-order valence-corrected chi connectivity index (χ2v) is 8.11. The van der Waals surface area contributed by atoms with Crippen molar-refractivity contribution in [1.82, 2.24) is 9.80 Å². The summed E-state index contributed by atoms with van der Waals surface area (Å²) in [6.45, 7) is 8.14. The Bertz CT molecular complexity index is 566. The number of hydrogen-bond donors (Lipinski definition) is 0. The molecule has 28 heavy (non-hydrogen) atoms. The second kappa shape index (κ2) is 13.6. The summed E-state index contributed by atoms with van der Waals surface area (Å²) in [7, 11) is 5.76. The lowest BCUT2D eigenvalue weighted by atomic mass is 10.1. The van der Waals surface area contributed by atoms with Crippen molar-refractivity contribution >= 4 is 5.91 Å². The molecular weight excluding hydrogens is 348 g/mol. The van der Waals surface area contributed by atoms with Crippen molar-refractivity contribution in [3.8, 4) is 5.75 Å². The van der Waals surface area contributed by atoms with Gasteiger partial charge >= 0.3 is 0 Å². The van der Waals surface area contributed by atoms with Gasteiger partial charge in [-0.05, 0) is 45.1 Å². The monoisotopic (exact) mass is 390 g/mol. The van der Waals surface area contributed by atoms with Gasteiger partial charge in [0.1, 0.15) is 5.75 Å². The number of carbonyl (C=O) groups excluding carboxylic acids is 1. The molecule has 0 bridgehead atoms. The third-order valence-corrected chi connectivity index (χ3v) is 5.54. The van der Waals surface area contributed by atoms with Gasteiger partial charge in [-0.2, -0.15) is 0 Å². The van der Waals surface area contributed by atoms with Gasteiger partial charge in [-0.25, -0.2) is 0 Å². The quantitative estimate of drug-likeness (QED) is 0.519. The minimum atomic E-state index is 0.0997. The number of ether oxygens (including phenoxy) is 1. The Kier molecular flexibility index (Phi) is 11.9. The molecule has 1 aliphatic rings. The fraction of sp³-hybridized carbons (Fsp3) is 0.708. The lowest BCUT2D eigenvalue weighted by Crippen LogP contribution is -2.34. The van der Waals surface area contributed by atoms with Gasteiger partial charge < -0.3 is 14.5 Å². The van der Waals surface area contributed by atoms with E-state index in [2.05, 4.69) is 32.8 Å². The molecule has 1 aromatic rings. The summed E-state index contributed by atoms with van der Waals surface area (Å²) >= 11 is 0. The first-order valence-corrected chi connectivity index (χ1v) is 11.0. The Morgan fingerprint density at radius 1 is 1.11 bits per heavy atom. The molecular formula is C24H42N2O2. The van der Waals surface area contributed by atoms with E-state index in [-0.39, 0.29) is 5.91 Å². The summed E-state index contributed by atoms with van der Waals surface area (Å²) in [5, 5.41) is 0. The number of hydrogen-bond acceptors (Lipinski definition) is 3. The maximum atomic E-state index is 12.4. The normalized spacial score (nSPS) is 16.1. The van der Waals surface area contributed by atoms with Gasteiger partial charge in [0, 0.05) is 24.7 Å². The van der Waals surface area contributed by atoms with Crippen molar-refractivity contribution in [2.45, 2.75) is 78.2 Å². The zero-order valence-corrected chi connectivity index (χ0v) is 19.1. The van der Waals surface area contributed by atoms with E-state index in [1.165, 1.54) is 44.9 Å². The lowest BCUT2D eigenvalue weighted by molar-refractivity contribution is 0.0782. The van der Waals surface area contributed by atoms with Crippen molar-refractivity contribution in [3.63, 3.8) is 0 Å². The zero-order valence-electron chi connectivity index (χ0n) is 19.1.